The third kappa shape index (κ3) is 2.52. The fourth-order valence-electron chi connectivity index (χ4n) is 1.22. The van der Waals surface area contributed by atoms with Crippen molar-refractivity contribution in [3.63, 3.8) is 0 Å². The van der Waals surface area contributed by atoms with Gasteiger partial charge in [0.1, 0.15) is 5.76 Å². The number of hydrogen-bond donors (Lipinski definition) is 1. The maximum absolute atomic E-state index is 11.3. The summed E-state index contributed by atoms with van der Waals surface area (Å²) in [4.78, 5) is 11.3. The van der Waals surface area contributed by atoms with Gasteiger partial charge in [-0.25, -0.2) is 0 Å². The van der Waals surface area contributed by atoms with Crippen LogP contribution in [0.3, 0.4) is 0 Å². The molecule has 2 rings (SSSR count). The molecule has 1 aromatic heterocycles. The van der Waals surface area contributed by atoms with E-state index in [9.17, 15) is 4.79 Å². The summed E-state index contributed by atoms with van der Waals surface area (Å²) in [6.07, 6.45) is 3.85. The molecular formula is C10H11N3O2S. The van der Waals surface area contributed by atoms with Crippen molar-refractivity contribution in [1.82, 2.24) is 5.32 Å². The Morgan fingerprint density at radius 2 is 2.56 bits per heavy atom. The molecule has 6 heteroatoms. The van der Waals surface area contributed by atoms with Gasteiger partial charge in [0.25, 0.3) is 0 Å². The molecule has 1 aromatic rings. The molecule has 0 aromatic carbocycles. The van der Waals surface area contributed by atoms with Crippen LogP contribution in [0.1, 0.15) is 19.1 Å². The first-order chi connectivity index (χ1) is 7.79. The summed E-state index contributed by atoms with van der Waals surface area (Å²) in [6, 6.07) is 3.55. The van der Waals surface area contributed by atoms with Crippen LogP contribution in [0.25, 0.3) is 0 Å². The molecule has 84 valence electrons. The van der Waals surface area contributed by atoms with Gasteiger partial charge in [0.15, 0.2) is 5.17 Å². The molecule has 1 aliphatic rings. The minimum absolute atomic E-state index is 0.000511. The maximum atomic E-state index is 11.3. The lowest BCUT2D eigenvalue weighted by Crippen LogP contribution is -2.24. The smallest absolute Gasteiger partial charge is 0.239 e. The third-order valence-corrected chi connectivity index (χ3v) is 3.26. The fraction of sp³-hybridized carbons (Fsp3) is 0.300. The van der Waals surface area contributed by atoms with Gasteiger partial charge in [-0.1, -0.05) is 18.7 Å². The maximum Gasteiger partial charge on any atom is 0.239 e. The van der Waals surface area contributed by atoms with Crippen molar-refractivity contribution in [3.05, 3.63) is 24.2 Å². The lowest BCUT2D eigenvalue weighted by molar-refractivity contribution is -0.118. The minimum atomic E-state index is -0.0439. The number of nitrogens with zero attached hydrogens (tertiary/aromatic N) is 2. The molecular weight excluding hydrogens is 226 g/mol. The van der Waals surface area contributed by atoms with Gasteiger partial charge in [0, 0.05) is 0 Å². The normalized spacial score (nSPS) is 23.2. The number of rotatable bonds is 3. The van der Waals surface area contributed by atoms with E-state index in [2.05, 4.69) is 15.5 Å². The van der Waals surface area contributed by atoms with Crippen LogP contribution in [-0.2, 0) is 4.79 Å². The number of furan rings is 1. The second-order valence-electron chi connectivity index (χ2n) is 3.17. The molecule has 0 radical (unpaired) electrons. The van der Waals surface area contributed by atoms with E-state index in [-0.39, 0.29) is 11.2 Å². The largest absolute Gasteiger partial charge is 0.463 e. The van der Waals surface area contributed by atoms with Crippen molar-refractivity contribution >= 4 is 29.1 Å². The lowest BCUT2D eigenvalue weighted by Gasteiger charge is -1.95. The van der Waals surface area contributed by atoms with Gasteiger partial charge in [-0.3, -0.25) is 4.79 Å². The summed E-state index contributed by atoms with van der Waals surface area (Å²) in [5.41, 5.74) is 0. The number of hydrogen-bond acceptors (Lipinski definition) is 5. The first kappa shape index (κ1) is 10.9. The minimum Gasteiger partial charge on any atom is -0.463 e. The summed E-state index contributed by atoms with van der Waals surface area (Å²) in [7, 11) is 0. The van der Waals surface area contributed by atoms with Crippen LogP contribution in [0.4, 0.5) is 0 Å². The first-order valence-electron chi connectivity index (χ1n) is 4.91. The van der Waals surface area contributed by atoms with Gasteiger partial charge >= 0.3 is 0 Å². The van der Waals surface area contributed by atoms with Gasteiger partial charge in [-0.15, -0.1) is 5.10 Å². The van der Waals surface area contributed by atoms with Gasteiger partial charge in [-0.2, -0.15) is 5.10 Å². The number of thioether (sulfide) groups is 1. The van der Waals surface area contributed by atoms with E-state index in [1.165, 1.54) is 18.0 Å². The highest BCUT2D eigenvalue weighted by Crippen LogP contribution is 2.21. The highest BCUT2D eigenvalue weighted by molar-refractivity contribution is 8.15. The highest BCUT2D eigenvalue weighted by Gasteiger charge is 2.28. The van der Waals surface area contributed by atoms with E-state index < -0.39 is 0 Å². The Bertz CT molecular complexity index is 425. The lowest BCUT2D eigenvalue weighted by atomic mass is 10.3. The van der Waals surface area contributed by atoms with E-state index in [0.717, 1.165) is 6.42 Å². The fourth-order valence-corrected chi connectivity index (χ4v) is 2.08. The molecule has 1 N–H and O–H groups in total. The molecule has 1 amide bonds. The number of carbonyl (C=O) groups excluding carboxylic acids is 1. The van der Waals surface area contributed by atoms with Crippen molar-refractivity contribution in [2.24, 2.45) is 10.2 Å². The molecule has 16 heavy (non-hydrogen) atoms. The van der Waals surface area contributed by atoms with Crippen molar-refractivity contribution in [2.45, 2.75) is 18.6 Å². The van der Waals surface area contributed by atoms with Crippen LogP contribution >= 0.6 is 11.8 Å². The van der Waals surface area contributed by atoms with E-state index >= 15 is 0 Å². The number of nitrogens with one attached hydrogen (secondary N) is 1. The van der Waals surface area contributed by atoms with Crippen molar-refractivity contribution in [1.29, 1.82) is 0 Å². The SMILES string of the molecule is CC[C@@H]1S/C(=N\N=Cc2ccco2)NC1=O. The molecule has 0 aliphatic carbocycles. The molecule has 2 heterocycles. The molecule has 1 aliphatic heterocycles. The van der Waals surface area contributed by atoms with E-state index in [0.29, 0.717) is 10.9 Å². The van der Waals surface area contributed by atoms with Crippen molar-refractivity contribution in [3.8, 4) is 0 Å². The zero-order chi connectivity index (χ0) is 11.4. The molecule has 0 spiro atoms. The zero-order valence-electron chi connectivity index (χ0n) is 8.71. The average Bonchev–Trinajstić information content (AvgIpc) is 2.88. The Balaban J connectivity index is 1.97. The number of amides is 1. The average molecular weight is 237 g/mol. The molecule has 0 saturated carbocycles. The Labute approximate surface area is 97.0 Å². The second kappa shape index (κ2) is 4.98. The standard InChI is InChI=1S/C10H11N3O2S/c1-2-8-9(14)12-10(16-8)13-11-6-7-4-3-5-15-7/h3-6,8H,2H2,1H3,(H,12,13,14)/t8-/m0/s1. The van der Waals surface area contributed by atoms with Crippen LogP contribution in [0.15, 0.2) is 33.0 Å². The van der Waals surface area contributed by atoms with Crippen LogP contribution in [0.5, 0.6) is 0 Å². The quantitative estimate of drug-likeness (QED) is 0.641. The monoisotopic (exact) mass is 237 g/mol. The number of amidine groups is 1. The molecule has 0 bridgehead atoms. The van der Waals surface area contributed by atoms with Crippen molar-refractivity contribution in [2.75, 3.05) is 0 Å². The predicted octanol–water partition coefficient (Wildman–Crippen LogP) is 1.61. The predicted molar refractivity (Wildman–Crippen MR) is 63.5 cm³/mol. The Hall–Kier alpha value is -1.56. The molecule has 1 saturated heterocycles. The molecule has 1 atom stereocenters. The van der Waals surface area contributed by atoms with Gasteiger partial charge in [-0.05, 0) is 18.6 Å². The number of carbonyl (C=O) groups is 1. The second-order valence-corrected chi connectivity index (χ2v) is 4.36. The molecule has 1 fully saturated rings. The Morgan fingerprint density at radius 3 is 3.19 bits per heavy atom. The van der Waals surface area contributed by atoms with E-state index in [4.69, 9.17) is 4.42 Å². The third-order valence-electron chi connectivity index (χ3n) is 2.02. The molecule has 5 nitrogen and oxygen atoms in total. The zero-order valence-corrected chi connectivity index (χ0v) is 9.53. The topological polar surface area (TPSA) is 67.0 Å². The Morgan fingerprint density at radius 1 is 1.69 bits per heavy atom. The summed E-state index contributed by atoms with van der Waals surface area (Å²) in [5.74, 6) is 0.630. The van der Waals surface area contributed by atoms with Crippen LogP contribution in [0.2, 0.25) is 0 Å². The van der Waals surface area contributed by atoms with E-state index in [1.807, 2.05) is 6.92 Å². The van der Waals surface area contributed by atoms with Crippen molar-refractivity contribution < 1.29 is 9.21 Å². The van der Waals surface area contributed by atoms with Crippen LogP contribution in [-0.4, -0.2) is 22.5 Å². The molecule has 0 unspecified atom stereocenters. The van der Waals surface area contributed by atoms with Gasteiger partial charge in [0.05, 0.1) is 17.7 Å². The van der Waals surface area contributed by atoms with Crippen LogP contribution in [0, 0.1) is 0 Å². The summed E-state index contributed by atoms with van der Waals surface area (Å²) in [5, 5.41) is 10.9. The van der Waals surface area contributed by atoms with E-state index in [1.54, 1.807) is 18.4 Å². The summed E-state index contributed by atoms with van der Waals surface area (Å²) < 4.78 is 5.05. The van der Waals surface area contributed by atoms with Crippen LogP contribution < -0.4 is 5.32 Å². The first-order valence-corrected chi connectivity index (χ1v) is 5.79. The Kier molecular flexibility index (Phi) is 3.40. The van der Waals surface area contributed by atoms with Gasteiger partial charge < -0.3 is 9.73 Å². The summed E-state index contributed by atoms with van der Waals surface area (Å²) >= 11 is 1.40. The summed E-state index contributed by atoms with van der Waals surface area (Å²) in [6.45, 7) is 1.96. The van der Waals surface area contributed by atoms with Gasteiger partial charge in [0.2, 0.25) is 5.91 Å². The highest BCUT2D eigenvalue weighted by atomic mass is 32.2.